The van der Waals surface area contributed by atoms with E-state index in [1.54, 1.807) is 0 Å². The molecule has 82 valence electrons. The summed E-state index contributed by atoms with van der Waals surface area (Å²) in [6, 6.07) is 0. The third kappa shape index (κ3) is 2.24. The lowest BCUT2D eigenvalue weighted by Gasteiger charge is -2.28. The predicted octanol–water partition coefficient (Wildman–Crippen LogP) is -0.244. The molecule has 1 saturated carbocycles. The first-order valence-electron chi connectivity index (χ1n) is 4.45. The number of carbonyl (C=O) groups is 1. The summed E-state index contributed by atoms with van der Waals surface area (Å²) in [5.41, 5.74) is 4.76. The lowest BCUT2D eigenvalue weighted by atomic mass is 9.94. The summed E-state index contributed by atoms with van der Waals surface area (Å²) < 4.78 is 22.7. The highest BCUT2D eigenvalue weighted by molar-refractivity contribution is 7.91. The van der Waals surface area contributed by atoms with Crippen molar-refractivity contribution in [3.63, 3.8) is 0 Å². The van der Waals surface area contributed by atoms with Crippen molar-refractivity contribution < 1.29 is 18.3 Å². The number of hydrogen-bond donors (Lipinski definition) is 2. The largest absolute Gasteiger partial charge is 0.481 e. The van der Waals surface area contributed by atoms with Crippen LogP contribution in [0.15, 0.2) is 0 Å². The number of aliphatic carboxylic acids is 1. The fraction of sp³-hybridized carbons (Fsp3) is 0.875. The van der Waals surface area contributed by atoms with Gasteiger partial charge in [0.1, 0.15) is 0 Å². The van der Waals surface area contributed by atoms with Gasteiger partial charge in [-0.3, -0.25) is 4.79 Å². The molecule has 0 saturated heterocycles. The molecule has 0 aromatic rings. The van der Waals surface area contributed by atoms with E-state index in [-0.39, 0.29) is 6.42 Å². The molecule has 2 unspecified atom stereocenters. The van der Waals surface area contributed by atoms with Crippen molar-refractivity contribution >= 4 is 15.8 Å². The van der Waals surface area contributed by atoms with Crippen molar-refractivity contribution in [1.29, 1.82) is 0 Å². The fourth-order valence-corrected chi connectivity index (χ4v) is 3.84. The molecule has 6 heteroatoms. The van der Waals surface area contributed by atoms with Crippen molar-refractivity contribution in [3.05, 3.63) is 0 Å². The van der Waals surface area contributed by atoms with E-state index < -0.39 is 26.6 Å². The van der Waals surface area contributed by atoms with E-state index in [0.717, 1.165) is 6.26 Å². The molecule has 14 heavy (non-hydrogen) atoms. The Hall–Kier alpha value is -0.620. The second kappa shape index (κ2) is 3.51. The maximum atomic E-state index is 11.4. The topological polar surface area (TPSA) is 97.5 Å². The molecule has 3 N–H and O–H groups in total. The van der Waals surface area contributed by atoms with Gasteiger partial charge in [-0.05, 0) is 12.8 Å². The minimum atomic E-state index is -3.24. The smallest absolute Gasteiger partial charge is 0.305 e. The summed E-state index contributed by atoms with van der Waals surface area (Å²) in [6.07, 6.45) is 2.47. The highest BCUT2D eigenvalue weighted by Gasteiger charge is 2.46. The lowest BCUT2D eigenvalue weighted by molar-refractivity contribution is -0.138. The van der Waals surface area contributed by atoms with Gasteiger partial charge in [0.25, 0.3) is 0 Å². The van der Waals surface area contributed by atoms with Gasteiger partial charge in [0.05, 0.1) is 11.7 Å². The van der Waals surface area contributed by atoms with Gasteiger partial charge in [-0.15, -0.1) is 0 Å². The third-order valence-electron chi connectivity index (χ3n) is 2.75. The molecule has 0 aromatic heterocycles. The van der Waals surface area contributed by atoms with E-state index in [1.807, 2.05) is 0 Å². The summed E-state index contributed by atoms with van der Waals surface area (Å²) in [6.45, 7) is 0. The quantitative estimate of drug-likeness (QED) is 0.685. The van der Waals surface area contributed by atoms with E-state index in [4.69, 9.17) is 10.8 Å². The van der Waals surface area contributed by atoms with E-state index in [9.17, 15) is 13.2 Å². The van der Waals surface area contributed by atoms with E-state index >= 15 is 0 Å². The Morgan fingerprint density at radius 3 is 2.64 bits per heavy atom. The molecule has 0 radical (unpaired) electrons. The number of nitrogens with two attached hydrogens (primary N) is 1. The number of hydrogen-bond acceptors (Lipinski definition) is 4. The molecule has 5 nitrogen and oxygen atoms in total. The molecule has 0 heterocycles. The van der Waals surface area contributed by atoms with Crippen molar-refractivity contribution in [2.75, 3.05) is 6.26 Å². The van der Waals surface area contributed by atoms with Gasteiger partial charge in [0, 0.05) is 11.8 Å². The Bertz CT molecular complexity index is 337. The van der Waals surface area contributed by atoms with Crippen LogP contribution in [0.2, 0.25) is 0 Å². The van der Waals surface area contributed by atoms with Crippen molar-refractivity contribution in [2.24, 2.45) is 5.73 Å². The van der Waals surface area contributed by atoms with Gasteiger partial charge in [-0.1, -0.05) is 6.42 Å². The maximum Gasteiger partial charge on any atom is 0.305 e. The van der Waals surface area contributed by atoms with Gasteiger partial charge in [-0.2, -0.15) is 0 Å². The molecule has 0 amide bonds. The Morgan fingerprint density at radius 1 is 1.64 bits per heavy atom. The Labute approximate surface area is 83.2 Å². The monoisotopic (exact) mass is 221 g/mol. The van der Waals surface area contributed by atoms with Gasteiger partial charge in [0.2, 0.25) is 0 Å². The molecule has 0 spiro atoms. The molecule has 0 bridgehead atoms. The average molecular weight is 221 g/mol. The van der Waals surface area contributed by atoms with Crippen LogP contribution in [0.3, 0.4) is 0 Å². The normalized spacial score (nSPS) is 33.1. The summed E-state index contributed by atoms with van der Waals surface area (Å²) in [5.74, 6) is -1.04. The molecular weight excluding hydrogens is 206 g/mol. The van der Waals surface area contributed by atoms with Gasteiger partial charge in [-0.25, -0.2) is 8.42 Å². The summed E-state index contributed by atoms with van der Waals surface area (Å²) in [4.78, 5) is 10.6. The van der Waals surface area contributed by atoms with Crippen LogP contribution in [-0.2, 0) is 14.6 Å². The maximum absolute atomic E-state index is 11.4. The first-order chi connectivity index (χ1) is 6.26. The first kappa shape index (κ1) is 11.5. The van der Waals surface area contributed by atoms with Crippen molar-refractivity contribution in [2.45, 2.75) is 36.5 Å². The minimum absolute atomic E-state index is 0.273. The van der Waals surface area contributed by atoms with Crippen LogP contribution >= 0.6 is 0 Å². The van der Waals surface area contributed by atoms with Gasteiger partial charge < -0.3 is 10.8 Å². The number of carboxylic acid groups (broad SMARTS) is 1. The van der Waals surface area contributed by atoms with Gasteiger partial charge in [0.15, 0.2) is 9.84 Å². The van der Waals surface area contributed by atoms with Crippen LogP contribution in [0, 0.1) is 0 Å². The lowest BCUT2D eigenvalue weighted by Crippen LogP contribution is -2.51. The number of sulfone groups is 1. The molecule has 1 aliphatic carbocycles. The Balaban J connectivity index is 2.92. The SMILES string of the molecule is CS(=O)(=O)C1CCCC1(N)CC(=O)O. The highest BCUT2D eigenvalue weighted by Crippen LogP contribution is 2.35. The fourth-order valence-electron chi connectivity index (χ4n) is 2.19. The van der Waals surface area contributed by atoms with Gasteiger partial charge >= 0.3 is 5.97 Å². The first-order valence-corrected chi connectivity index (χ1v) is 6.41. The zero-order valence-electron chi connectivity index (χ0n) is 8.06. The molecule has 1 aliphatic rings. The standard InChI is InChI=1S/C8H15NO4S/c1-14(12,13)6-3-2-4-8(6,9)5-7(10)11/h6H,2-5,9H2,1H3,(H,10,11). The second-order valence-electron chi connectivity index (χ2n) is 4.01. The molecule has 0 aliphatic heterocycles. The van der Waals surface area contributed by atoms with E-state index in [0.29, 0.717) is 19.3 Å². The molecular formula is C8H15NO4S. The number of rotatable bonds is 3. The summed E-state index contributed by atoms with van der Waals surface area (Å²) in [5, 5.41) is 7.95. The second-order valence-corrected chi connectivity index (χ2v) is 6.24. The molecule has 1 fully saturated rings. The highest BCUT2D eigenvalue weighted by atomic mass is 32.2. The van der Waals surface area contributed by atoms with Crippen LogP contribution in [0.25, 0.3) is 0 Å². The van der Waals surface area contributed by atoms with Crippen molar-refractivity contribution in [3.8, 4) is 0 Å². The zero-order chi connectivity index (χ0) is 11.0. The van der Waals surface area contributed by atoms with E-state index in [1.165, 1.54) is 0 Å². The summed E-state index contributed by atoms with van der Waals surface area (Å²) >= 11 is 0. The Kier molecular flexibility index (Phi) is 2.87. The number of carboxylic acids is 1. The Morgan fingerprint density at radius 2 is 2.21 bits per heavy atom. The average Bonchev–Trinajstić information content (AvgIpc) is 2.27. The van der Waals surface area contributed by atoms with Crippen LogP contribution in [0.1, 0.15) is 25.7 Å². The van der Waals surface area contributed by atoms with Crippen LogP contribution in [0.4, 0.5) is 0 Å². The third-order valence-corrected chi connectivity index (χ3v) is 4.49. The van der Waals surface area contributed by atoms with Crippen LogP contribution in [-0.4, -0.2) is 36.5 Å². The van der Waals surface area contributed by atoms with Crippen LogP contribution in [0.5, 0.6) is 0 Å². The zero-order valence-corrected chi connectivity index (χ0v) is 8.88. The molecule has 0 aromatic carbocycles. The van der Waals surface area contributed by atoms with Crippen LogP contribution < -0.4 is 5.73 Å². The molecule has 2 atom stereocenters. The molecule has 1 rings (SSSR count). The van der Waals surface area contributed by atoms with Crippen molar-refractivity contribution in [1.82, 2.24) is 0 Å². The predicted molar refractivity (Wildman–Crippen MR) is 51.7 cm³/mol. The summed E-state index contributed by atoms with van der Waals surface area (Å²) in [7, 11) is -3.24. The van der Waals surface area contributed by atoms with E-state index in [2.05, 4.69) is 0 Å². The minimum Gasteiger partial charge on any atom is -0.481 e.